The molecule has 1 saturated heterocycles. The van der Waals surface area contributed by atoms with Crippen LogP contribution in [0.5, 0.6) is 5.75 Å². The van der Waals surface area contributed by atoms with Crippen LogP contribution in [0.4, 0.5) is 0 Å². The second-order valence-corrected chi connectivity index (χ2v) is 10.4. The quantitative estimate of drug-likeness (QED) is 0.762. The average molecular weight is 409 g/mol. The first kappa shape index (κ1) is 18.9. The number of aromatic nitrogens is 1. The predicted molar refractivity (Wildman–Crippen MR) is 106 cm³/mol. The molecule has 1 N–H and O–H groups in total. The van der Waals surface area contributed by atoms with Gasteiger partial charge in [0.1, 0.15) is 23.5 Å². The highest BCUT2D eigenvalue weighted by Gasteiger charge is 2.39. The summed E-state index contributed by atoms with van der Waals surface area (Å²) < 4.78 is 39.0. The normalized spacial score (nSPS) is 23.3. The monoisotopic (exact) mass is 408 g/mol. The Kier molecular flexibility index (Phi) is 5.50. The fourth-order valence-corrected chi connectivity index (χ4v) is 5.60. The van der Waals surface area contributed by atoms with Crippen molar-refractivity contribution in [1.29, 1.82) is 0 Å². The first-order chi connectivity index (χ1) is 13.0. The van der Waals surface area contributed by atoms with Crippen LogP contribution in [-0.4, -0.2) is 44.0 Å². The molecule has 2 heterocycles. The van der Waals surface area contributed by atoms with E-state index < -0.39 is 10.0 Å². The summed E-state index contributed by atoms with van der Waals surface area (Å²) in [4.78, 5) is 5.57. The van der Waals surface area contributed by atoms with E-state index in [1.54, 1.807) is 11.3 Å². The summed E-state index contributed by atoms with van der Waals surface area (Å²) in [5.41, 5.74) is 1.06. The molecule has 0 bridgehead atoms. The molecule has 1 aliphatic carbocycles. The highest BCUT2D eigenvalue weighted by atomic mass is 32.2. The maximum absolute atomic E-state index is 12.2. The zero-order valence-electron chi connectivity index (χ0n) is 15.3. The van der Waals surface area contributed by atoms with Crippen molar-refractivity contribution >= 4 is 21.4 Å². The molecule has 1 saturated carbocycles. The van der Waals surface area contributed by atoms with Gasteiger partial charge >= 0.3 is 0 Å². The minimum atomic E-state index is -3.23. The molecule has 0 radical (unpaired) electrons. The van der Waals surface area contributed by atoms with E-state index in [0.29, 0.717) is 13.2 Å². The molecule has 4 rings (SSSR count). The molecule has 2 atom stereocenters. The number of rotatable bonds is 7. The third-order valence-corrected chi connectivity index (χ3v) is 7.80. The third-order valence-electron chi connectivity index (χ3n) is 4.86. The molecule has 2 fully saturated rings. The Bertz CT molecular complexity index is 875. The second-order valence-electron chi connectivity index (χ2n) is 7.13. The fraction of sp³-hybridized carbons (Fsp3) is 0.526. The van der Waals surface area contributed by atoms with Crippen molar-refractivity contribution in [3.05, 3.63) is 35.3 Å². The van der Waals surface area contributed by atoms with Crippen molar-refractivity contribution in [2.24, 2.45) is 0 Å². The van der Waals surface area contributed by atoms with Crippen molar-refractivity contribution in [3.63, 3.8) is 0 Å². The Morgan fingerprint density at radius 3 is 2.70 bits per heavy atom. The van der Waals surface area contributed by atoms with Gasteiger partial charge in [-0.25, -0.2) is 18.1 Å². The third kappa shape index (κ3) is 4.68. The molecule has 146 valence electrons. The summed E-state index contributed by atoms with van der Waals surface area (Å²) in [6, 6.07) is 7.59. The molecule has 0 spiro atoms. The number of hydrogen-bond donors (Lipinski definition) is 1. The van der Waals surface area contributed by atoms with Gasteiger partial charge < -0.3 is 9.47 Å². The van der Waals surface area contributed by atoms with E-state index >= 15 is 0 Å². The number of ether oxygens (including phenoxy) is 2. The first-order valence-corrected chi connectivity index (χ1v) is 11.7. The minimum absolute atomic E-state index is 0.219. The Hall–Kier alpha value is -1.48. The van der Waals surface area contributed by atoms with Crippen molar-refractivity contribution < 1.29 is 17.9 Å². The van der Waals surface area contributed by atoms with Gasteiger partial charge in [0, 0.05) is 23.2 Å². The summed E-state index contributed by atoms with van der Waals surface area (Å²) in [7, 11) is -3.23. The molecular formula is C19H24N2O4S2. The van der Waals surface area contributed by atoms with Gasteiger partial charge in [0.2, 0.25) is 10.0 Å². The Morgan fingerprint density at radius 1 is 1.26 bits per heavy atom. The molecule has 6 nitrogen and oxygen atoms in total. The van der Waals surface area contributed by atoms with Gasteiger partial charge in [0.05, 0.1) is 11.3 Å². The Balaban J connectivity index is 1.36. The van der Waals surface area contributed by atoms with Crippen LogP contribution in [0, 0.1) is 6.92 Å². The van der Waals surface area contributed by atoms with Gasteiger partial charge in [-0.1, -0.05) is 0 Å². The molecule has 1 aromatic carbocycles. The number of hydrogen-bond acceptors (Lipinski definition) is 6. The predicted octanol–water partition coefficient (Wildman–Crippen LogP) is 3.13. The molecular weight excluding hydrogens is 384 g/mol. The van der Waals surface area contributed by atoms with Crippen LogP contribution in [0.1, 0.15) is 30.6 Å². The maximum Gasteiger partial charge on any atom is 0.214 e. The molecule has 2 aromatic rings. The summed E-state index contributed by atoms with van der Waals surface area (Å²) in [5, 5.41) is 0.771. The summed E-state index contributed by atoms with van der Waals surface area (Å²) in [5.74, 6) is 0.741. The standard InChI is InChI=1S/C19H24N2O4S2/c1-13-11-20-19(26-13)14-4-6-15(7-5-14)25-12-18-17(3-2-10-24-18)21-27(22,23)16-8-9-16/h4-7,11,16-18,21H,2-3,8-10,12H2,1H3. The van der Waals surface area contributed by atoms with Crippen LogP contribution >= 0.6 is 11.3 Å². The number of nitrogens with one attached hydrogen (secondary N) is 1. The van der Waals surface area contributed by atoms with Crippen LogP contribution < -0.4 is 9.46 Å². The maximum atomic E-state index is 12.2. The van der Waals surface area contributed by atoms with Crippen LogP contribution in [-0.2, 0) is 14.8 Å². The Morgan fingerprint density at radius 2 is 2.04 bits per heavy atom. The SMILES string of the molecule is Cc1cnc(-c2ccc(OCC3OCCCC3NS(=O)(=O)C3CC3)cc2)s1. The average Bonchev–Trinajstić information content (AvgIpc) is 3.44. The van der Waals surface area contributed by atoms with Crippen LogP contribution in [0.15, 0.2) is 30.5 Å². The van der Waals surface area contributed by atoms with Crippen molar-refractivity contribution in [1.82, 2.24) is 9.71 Å². The molecule has 1 aromatic heterocycles. The molecule has 1 aliphatic heterocycles. The van der Waals surface area contributed by atoms with Crippen molar-refractivity contribution in [2.45, 2.75) is 50.0 Å². The number of sulfonamides is 1. The minimum Gasteiger partial charge on any atom is -0.491 e. The lowest BCUT2D eigenvalue weighted by molar-refractivity contribution is -0.0279. The van der Waals surface area contributed by atoms with Gasteiger partial charge in [-0.2, -0.15) is 0 Å². The molecule has 0 amide bonds. The van der Waals surface area contributed by atoms with Gasteiger partial charge in [0.25, 0.3) is 0 Å². The van der Waals surface area contributed by atoms with Crippen LogP contribution in [0.3, 0.4) is 0 Å². The van der Waals surface area contributed by atoms with E-state index in [-0.39, 0.29) is 17.4 Å². The molecule has 2 unspecified atom stereocenters. The van der Waals surface area contributed by atoms with Crippen molar-refractivity contribution in [3.8, 4) is 16.3 Å². The number of thiazole rings is 1. The largest absolute Gasteiger partial charge is 0.491 e. The van der Waals surface area contributed by atoms with E-state index in [2.05, 4.69) is 9.71 Å². The molecule has 27 heavy (non-hydrogen) atoms. The Labute approximate surface area is 164 Å². The first-order valence-electron chi connectivity index (χ1n) is 9.30. The van der Waals surface area contributed by atoms with Crippen molar-refractivity contribution in [2.75, 3.05) is 13.2 Å². The lowest BCUT2D eigenvalue weighted by Gasteiger charge is -2.32. The topological polar surface area (TPSA) is 77.5 Å². The number of aryl methyl sites for hydroxylation is 1. The zero-order chi connectivity index (χ0) is 18.9. The van der Waals surface area contributed by atoms with Gasteiger partial charge in [-0.15, -0.1) is 11.3 Å². The van der Waals surface area contributed by atoms with E-state index in [1.807, 2.05) is 37.4 Å². The van der Waals surface area contributed by atoms with Crippen LogP contribution in [0.2, 0.25) is 0 Å². The van der Waals surface area contributed by atoms with Gasteiger partial charge in [0.15, 0.2) is 0 Å². The second kappa shape index (κ2) is 7.87. The highest BCUT2D eigenvalue weighted by Crippen LogP contribution is 2.29. The van der Waals surface area contributed by atoms with E-state index in [1.165, 1.54) is 4.88 Å². The molecule has 2 aliphatic rings. The lowest BCUT2D eigenvalue weighted by Crippen LogP contribution is -2.50. The summed E-state index contributed by atoms with van der Waals surface area (Å²) >= 11 is 1.66. The highest BCUT2D eigenvalue weighted by molar-refractivity contribution is 7.90. The smallest absolute Gasteiger partial charge is 0.214 e. The van der Waals surface area contributed by atoms with Gasteiger partial charge in [-0.3, -0.25) is 0 Å². The summed E-state index contributed by atoms with van der Waals surface area (Å²) in [6.45, 7) is 3.00. The van der Waals surface area contributed by atoms with E-state index in [0.717, 1.165) is 42.0 Å². The van der Waals surface area contributed by atoms with E-state index in [9.17, 15) is 8.42 Å². The zero-order valence-corrected chi connectivity index (χ0v) is 16.9. The number of nitrogens with zero attached hydrogens (tertiary/aromatic N) is 1. The van der Waals surface area contributed by atoms with E-state index in [4.69, 9.17) is 9.47 Å². The molecule has 8 heteroatoms. The van der Waals surface area contributed by atoms with Gasteiger partial charge in [-0.05, 0) is 56.9 Å². The van der Waals surface area contributed by atoms with Crippen LogP contribution in [0.25, 0.3) is 10.6 Å². The lowest BCUT2D eigenvalue weighted by atomic mass is 10.0. The fourth-order valence-electron chi connectivity index (χ4n) is 3.18. The number of benzene rings is 1. The summed E-state index contributed by atoms with van der Waals surface area (Å²) in [6.07, 6.45) is 4.75.